The predicted octanol–water partition coefficient (Wildman–Crippen LogP) is 2.19. The number of hydrogen-bond acceptors (Lipinski definition) is 3. The van der Waals surface area contributed by atoms with E-state index in [-0.39, 0.29) is 0 Å². The number of rotatable bonds is 2. The first-order valence-electron chi connectivity index (χ1n) is 5.85. The lowest BCUT2D eigenvalue weighted by Gasteiger charge is -2.34. The van der Waals surface area contributed by atoms with E-state index in [1.54, 1.807) is 7.11 Å². The molecule has 0 amide bonds. The van der Waals surface area contributed by atoms with Gasteiger partial charge in [0, 0.05) is 31.6 Å². The minimum atomic E-state index is 0.356. The molecule has 2 rings (SSSR count). The highest BCUT2D eigenvalue weighted by Gasteiger charge is 2.20. The molecule has 0 spiro atoms. The number of nitrogens with two attached hydrogens (primary N) is 1. The molecule has 0 saturated carbocycles. The molecule has 1 aromatic rings. The normalized spacial score (nSPS) is 21.1. The van der Waals surface area contributed by atoms with Crippen molar-refractivity contribution in [2.75, 3.05) is 30.8 Å². The molecular weight excluding hydrogens is 200 g/mol. The van der Waals surface area contributed by atoms with Crippen LogP contribution in [0.5, 0.6) is 0 Å². The largest absolute Gasteiger partial charge is 0.398 e. The number of piperidine rings is 1. The van der Waals surface area contributed by atoms with Crippen molar-refractivity contribution in [3.63, 3.8) is 0 Å². The molecule has 0 bridgehead atoms. The van der Waals surface area contributed by atoms with E-state index in [0.29, 0.717) is 6.10 Å². The number of hydrogen-bond donors (Lipinski definition) is 1. The number of ether oxygens (including phenoxy) is 1. The van der Waals surface area contributed by atoms with Crippen LogP contribution in [0.2, 0.25) is 0 Å². The molecule has 1 saturated heterocycles. The summed E-state index contributed by atoms with van der Waals surface area (Å²) >= 11 is 0. The minimum Gasteiger partial charge on any atom is -0.398 e. The van der Waals surface area contributed by atoms with Gasteiger partial charge in [-0.25, -0.2) is 0 Å². The average molecular weight is 220 g/mol. The van der Waals surface area contributed by atoms with Gasteiger partial charge in [0.1, 0.15) is 0 Å². The smallest absolute Gasteiger partial charge is 0.0746 e. The van der Waals surface area contributed by atoms with E-state index in [1.165, 1.54) is 17.7 Å². The Labute approximate surface area is 97.2 Å². The fourth-order valence-corrected chi connectivity index (χ4v) is 2.33. The average Bonchev–Trinajstić information content (AvgIpc) is 2.33. The number of benzene rings is 1. The molecule has 16 heavy (non-hydrogen) atoms. The third-order valence-electron chi connectivity index (χ3n) is 3.40. The highest BCUT2D eigenvalue weighted by Crippen LogP contribution is 2.27. The Morgan fingerprint density at radius 2 is 2.25 bits per heavy atom. The molecule has 1 fully saturated rings. The van der Waals surface area contributed by atoms with Crippen molar-refractivity contribution < 1.29 is 4.74 Å². The van der Waals surface area contributed by atoms with Gasteiger partial charge in [-0.05, 0) is 37.5 Å². The second-order valence-electron chi connectivity index (χ2n) is 4.44. The fourth-order valence-electron chi connectivity index (χ4n) is 2.33. The van der Waals surface area contributed by atoms with Gasteiger partial charge in [-0.1, -0.05) is 6.07 Å². The van der Waals surface area contributed by atoms with Gasteiger partial charge in [0.05, 0.1) is 6.10 Å². The van der Waals surface area contributed by atoms with Crippen molar-refractivity contribution in [1.29, 1.82) is 0 Å². The van der Waals surface area contributed by atoms with Crippen LogP contribution >= 0.6 is 0 Å². The lowest BCUT2D eigenvalue weighted by atomic mass is 10.0. The molecular formula is C13H20N2O. The summed E-state index contributed by atoms with van der Waals surface area (Å²) in [7, 11) is 1.79. The molecule has 0 aromatic heterocycles. The summed E-state index contributed by atoms with van der Waals surface area (Å²) in [5, 5.41) is 0. The van der Waals surface area contributed by atoms with Crippen molar-refractivity contribution in [3.8, 4) is 0 Å². The molecule has 0 aliphatic carbocycles. The van der Waals surface area contributed by atoms with Crippen molar-refractivity contribution >= 4 is 11.4 Å². The first kappa shape index (κ1) is 11.3. The van der Waals surface area contributed by atoms with Crippen LogP contribution in [0.3, 0.4) is 0 Å². The molecule has 1 aliphatic rings. The molecule has 3 nitrogen and oxygen atoms in total. The molecule has 1 aromatic carbocycles. The van der Waals surface area contributed by atoms with Crippen LogP contribution in [0.4, 0.5) is 11.4 Å². The molecule has 1 heterocycles. The summed E-state index contributed by atoms with van der Waals surface area (Å²) in [6.45, 7) is 4.16. The predicted molar refractivity (Wildman–Crippen MR) is 67.8 cm³/mol. The zero-order valence-electron chi connectivity index (χ0n) is 10.1. The highest BCUT2D eigenvalue weighted by molar-refractivity contribution is 5.64. The summed E-state index contributed by atoms with van der Waals surface area (Å²) in [5.41, 5.74) is 9.24. The van der Waals surface area contributed by atoms with Crippen LogP contribution in [-0.2, 0) is 4.74 Å². The van der Waals surface area contributed by atoms with Crippen molar-refractivity contribution in [2.45, 2.75) is 25.9 Å². The summed E-state index contributed by atoms with van der Waals surface area (Å²) in [4.78, 5) is 2.38. The van der Waals surface area contributed by atoms with Crippen LogP contribution < -0.4 is 10.6 Å². The van der Waals surface area contributed by atoms with E-state index in [4.69, 9.17) is 10.5 Å². The first-order valence-corrected chi connectivity index (χ1v) is 5.85. The first-order chi connectivity index (χ1) is 7.72. The van der Waals surface area contributed by atoms with E-state index in [9.17, 15) is 0 Å². The van der Waals surface area contributed by atoms with Crippen molar-refractivity contribution in [1.82, 2.24) is 0 Å². The topological polar surface area (TPSA) is 38.5 Å². The second kappa shape index (κ2) is 4.74. The lowest BCUT2D eigenvalue weighted by Crippen LogP contribution is -2.39. The monoisotopic (exact) mass is 220 g/mol. The Kier molecular flexibility index (Phi) is 3.34. The summed E-state index contributed by atoms with van der Waals surface area (Å²) in [6.07, 6.45) is 2.70. The van der Waals surface area contributed by atoms with E-state index in [2.05, 4.69) is 17.9 Å². The number of nitrogens with zero attached hydrogens (tertiary/aromatic N) is 1. The third kappa shape index (κ3) is 2.14. The fraction of sp³-hybridized carbons (Fsp3) is 0.538. The molecule has 3 heteroatoms. The number of methoxy groups -OCH3 is 1. The van der Waals surface area contributed by atoms with Gasteiger partial charge in [0.25, 0.3) is 0 Å². The van der Waals surface area contributed by atoms with Crippen LogP contribution in [0.25, 0.3) is 0 Å². The van der Waals surface area contributed by atoms with Crippen molar-refractivity contribution in [2.24, 2.45) is 0 Å². The molecule has 1 unspecified atom stereocenters. The summed E-state index contributed by atoms with van der Waals surface area (Å²) < 4.78 is 5.44. The quantitative estimate of drug-likeness (QED) is 0.776. The maximum atomic E-state index is 5.94. The van der Waals surface area contributed by atoms with Gasteiger partial charge in [0.15, 0.2) is 0 Å². The van der Waals surface area contributed by atoms with Gasteiger partial charge in [-0.2, -0.15) is 0 Å². The Balaban J connectivity index is 2.20. The second-order valence-corrected chi connectivity index (χ2v) is 4.44. The Morgan fingerprint density at radius 3 is 3.00 bits per heavy atom. The van der Waals surface area contributed by atoms with Gasteiger partial charge < -0.3 is 15.4 Å². The molecule has 88 valence electrons. The number of anilines is 2. The zero-order chi connectivity index (χ0) is 11.5. The third-order valence-corrected chi connectivity index (χ3v) is 3.40. The lowest BCUT2D eigenvalue weighted by molar-refractivity contribution is 0.0893. The maximum Gasteiger partial charge on any atom is 0.0746 e. The standard InChI is InChI=1S/C13H20N2O/c1-10-12(14)6-3-7-13(10)15-8-4-5-11(9-15)16-2/h3,6-7,11H,4-5,8-9,14H2,1-2H3. The van der Waals surface area contributed by atoms with Gasteiger partial charge in [0.2, 0.25) is 0 Å². The van der Waals surface area contributed by atoms with Crippen molar-refractivity contribution in [3.05, 3.63) is 23.8 Å². The van der Waals surface area contributed by atoms with E-state index >= 15 is 0 Å². The molecule has 2 N–H and O–H groups in total. The van der Waals surface area contributed by atoms with Crippen LogP contribution in [0, 0.1) is 6.92 Å². The highest BCUT2D eigenvalue weighted by atomic mass is 16.5. The van der Waals surface area contributed by atoms with E-state index in [0.717, 1.165) is 25.2 Å². The van der Waals surface area contributed by atoms with Gasteiger partial charge in [-0.15, -0.1) is 0 Å². The van der Waals surface area contributed by atoms with E-state index < -0.39 is 0 Å². The van der Waals surface area contributed by atoms with E-state index in [1.807, 2.05) is 12.1 Å². The molecule has 0 radical (unpaired) electrons. The minimum absolute atomic E-state index is 0.356. The Bertz CT molecular complexity index is 365. The number of nitrogen functional groups attached to an aromatic ring is 1. The molecule has 1 aliphatic heterocycles. The zero-order valence-corrected chi connectivity index (χ0v) is 10.1. The molecule has 1 atom stereocenters. The Hall–Kier alpha value is -1.22. The van der Waals surface area contributed by atoms with Gasteiger partial charge >= 0.3 is 0 Å². The summed E-state index contributed by atoms with van der Waals surface area (Å²) in [6, 6.07) is 6.12. The van der Waals surface area contributed by atoms with Crippen LogP contribution in [0.15, 0.2) is 18.2 Å². The van der Waals surface area contributed by atoms with Gasteiger partial charge in [-0.3, -0.25) is 0 Å². The van der Waals surface area contributed by atoms with Crippen LogP contribution in [0.1, 0.15) is 18.4 Å². The van der Waals surface area contributed by atoms with Crippen LogP contribution in [-0.4, -0.2) is 26.3 Å². The summed E-state index contributed by atoms with van der Waals surface area (Å²) in [5.74, 6) is 0. The maximum absolute atomic E-state index is 5.94. The SMILES string of the molecule is COC1CCCN(c2cccc(N)c2C)C1. The Morgan fingerprint density at radius 1 is 1.44 bits per heavy atom.